The Morgan fingerprint density at radius 3 is 2.12 bits per heavy atom. The van der Waals surface area contributed by atoms with E-state index in [-0.39, 0.29) is 0 Å². The standard InChI is InChI=1S/C12H25N.C10H21N.C2H6/c1-11(2)6-4-7-12-8-5-9-13(3)10-12;1-9(2)6-7-10-5-3-4-8-11-10;1-2/h11-12H,4-10H2,1-3H3;9-11H,3-8H2,1-2H3;1-2H3. The second-order valence-electron chi connectivity index (χ2n) is 9.21. The summed E-state index contributed by atoms with van der Waals surface area (Å²) in [5.41, 5.74) is 0. The third-order valence-corrected chi connectivity index (χ3v) is 5.62. The maximum atomic E-state index is 3.57. The third-order valence-electron chi connectivity index (χ3n) is 5.62. The fourth-order valence-electron chi connectivity index (χ4n) is 4.03. The first kappa shape index (κ1) is 25.9. The molecule has 0 bridgehead atoms. The summed E-state index contributed by atoms with van der Waals surface area (Å²) in [6, 6.07) is 0.839. The van der Waals surface area contributed by atoms with Crippen LogP contribution < -0.4 is 5.32 Å². The minimum Gasteiger partial charge on any atom is -0.314 e. The van der Waals surface area contributed by atoms with E-state index in [1.165, 1.54) is 83.8 Å². The van der Waals surface area contributed by atoms with Gasteiger partial charge in [-0.3, -0.25) is 0 Å². The Kier molecular flexibility index (Phi) is 17.0. The van der Waals surface area contributed by atoms with Crippen molar-refractivity contribution in [3.05, 3.63) is 0 Å². The highest BCUT2D eigenvalue weighted by atomic mass is 15.1. The van der Waals surface area contributed by atoms with Crippen molar-refractivity contribution in [1.29, 1.82) is 0 Å². The highest BCUT2D eigenvalue weighted by Gasteiger charge is 2.16. The van der Waals surface area contributed by atoms with E-state index < -0.39 is 0 Å². The van der Waals surface area contributed by atoms with Gasteiger partial charge < -0.3 is 10.2 Å². The van der Waals surface area contributed by atoms with Crippen LogP contribution in [0, 0.1) is 17.8 Å². The molecule has 0 aromatic carbocycles. The number of piperidine rings is 2. The molecule has 2 rings (SSSR count). The molecule has 2 nitrogen and oxygen atoms in total. The molecule has 0 aromatic rings. The van der Waals surface area contributed by atoms with E-state index in [1.54, 1.807) is 0 Å². The van der Waals surface area contributed by atoms with Gasteiger partial charge in [0.2, 0.25) is 0 Å². The van der Waals surface area contributed by atoms with Crippen molar-refractivity contribution in [2.24, 2.45) is 17.8 Å². The summed E-state index contributed by atoms with van der Waals surface area (Å²) in [6.45, 7) is 17.2. The van der Waals surface area contributed by atoms with E-state index in [9.17, 15) is 0 Å². The Bertz CT molecular complexity index is 282. The summed E-state index contributed by atoms with van der Waals surface area (Å²) in [7, 11) is 2.26. The largest absolute Gasteiger partial charge is 0.314 e. The van der Waals surface area contributed by atoms with Crippen molar-refractivity contribution in [3.8, 4) is 0 Å². The zero-order valence-corrected chi connectivity index (χ0v) is 19.4. The molecule has 2 heterocycles. The van der Waals surface area contributed by atoms with Crippen LogP contribution in [0.1, 0.15) is 106 Å². The van der Waals surface area contributed by atoms with Gasteiger partial charge in [-0.1, -0.05) is 60.8 Å². The van der Waals surface area contributed by atoms with Gasteiger partial charge in [-0.05, 0) is 82.8 Å². The molecule has 2 fully saturated rings. The van der Waals surface area contributed by atoms with E-state index >= 15 is 0 Å². The van der Waals surface area contributed by atoms with Crippen LogP contribution in [-0.4, -0.2) is 37.6 Å². The second kappa shape index (κ2) is 17.0. The minimum atomic E-state index is 0.839. The van der Waals surface area contributed by atoms with E-state index in [1.807, 2.05) is 13.8 Å². The molecule has 0 aromatic heterocycles. The van der Waals surface area contributed by atoms with Gasteiger partial charge in [0.1, 0.15) is 0 Å². The summed E-state index contributed by atoms with van der Waals surface area (Å²) in [5.74, 6) is 2.76. The molecule has 2 saturated heterocycles. The molecule has 2 unspecified atom stereocenters. The molecule has 0 spiro atoms. The first-order valence-corrected chi connectivity index (χ1v) is 11.9. The van der Waals surface area contributed by atoms with E-state index in [0.717, 1.165) is 23.8 Å². The van der Waals surface area contributed by atoms with Crippen LogP contribution in [0.2, 0.25) is 0 Å². The third kappa shape index (κ3) is 15.0. The number of nitrogens with zero attached hydrogens (tertiary/aromatic N) is 1. The lowest BCUT2D eigenvalue weighted by atomic mass is 9.91. The molecule has 0 radical (unpaired) electrons. The van der Waals surface area contributed by atoms with Crippen LogP contribution in [0.3, 0.4) is 0 Å². The van der Waals surface area contributed by atoms with Gasteiger partial charge in [-0.25, -0.2) is 0 Å². The van der Waals surface area contributed by atoms with Crippen molar-refractivity contribution >= 4 is 0 Å². The van der Waals surface area contributed by atoms with Gasteiger partial charge in [0, 0.05) is 12.6 Å². The second-order valence-corrected chi connectivity index (χ2v) is 9.21. The summed E-state index contributed by atoms with van der Waals surface area (Å²) in [5, 5.41) is 3.57. The molecule has 0 saturated carbocycles. The maximum absolute atomic E-state index is 3.57. The Morgan fingerprint density at radius 2 is 1.58 bits per heavy atom. The zero-order chi connectivity index (χ0) is 19.8. The average molecular weight is 369 g/mol. The lowest BCUT2D eigenvalue weighted by molar-refractivity contribution is 0.198. The predicted octanol–water partition coefficient (Wildman–Crippen LogP) is 6.75. The van der Waals surface area contributed by atoms with Crippen molar-refractivity contribution in [1.82, 2.24) is 10.2 Å². The average Bonchev–Trinajstić information content (AvgIpc) is 2.63. The summed E-state index contributed by atoms with van der Waals surface area (Å²) in [4.78, 5) is 2.49. The van der Waals surface area contributed by atoms with Crippen molar-refractivity contribution in [2.45, 2.75) is 112 Å². The Hall–Kier alpha value is -0.0800. The molecule has 1 N–H and O–H groups in total. The maximum Gasteiger partial charge on any atom is 0.00671 e. The summed E-state index contributed by atoms with van der Waals surface area (Å²) in [6.07, 6.45) is 14.2. The van der Waals surface area contributed by atoms with Gasteiger partial charge in [-0.2, -0.15) is 0 Å². The molecule has 0 aliphatic carbocycles. The highest BCUT2D eigenvalue weighted by Crippen LogP contribution is 2.21. The monoisotopic (exact) mass is 368 g/mol. The molecule has 0 amide bonds. The van der Waals surface area contributed by atoms with Gasteiger partial charge in [0.15, 0.2) is 0 Å². The normalized spacial score (nSPS) is 23.9. The van der Waals surface area contributed by atoms with Crippen molar-refractivity contribution < 1.29 is 0 Å². The smallest absolute Gasteiger partial charge is 0.00671 e. The zero-order valence-electron chi connectivity index (χ0n) is 19.4. The Morgan fingerprint density at radius 1 is 0.885 bits per heavy atom. The Balaban J connectivity index is 0.000000444. The lowest BCUT2D eigenvalue weighted by Gasteiger charge is -2.29. The molecule has 2 atom stereocenters. The number of likely N-dealkylation sites (tertiary alicyclic amines) is 1. The molecule has 158 valence electrons. The molecule has 2 aliphatic rings. The number of hydrogen-bond donors (Lipinski definition) is 1. The molecule has 26 heavy (non-hydrogen) atoms. The van der Waals surface area contributed by atoms with Crippen LogP contribution in [0.25, 0.3) is 0 Å². The van der Waals surface area contributed by atoms with E-state index in [4.69, 9.17) is 0 Å². The van der Waals surface area contributed by atoms with Crippen LogP contribution in [-0.2, 0) is 0 Å². The predicted molar refractivity (Wildman–Crippen MR) is 120 cm³/mol. The van der Waals surface area contributed by atoms with Crippen LogP contribution in [0.4, 0.5) is 0 Å². The highest BCUT2D eigenvalue weighted by molar-refractivity contribution is 4.72. The van der Waals surface area contributed by atoms with Gasteiger partial charge in [0.05, 0.1) is 0 Å². The minimum absolute atomic E-state index is 0.839. The molecular formula is C24H52N2. The quantitative estimate of drug-likeness (QED) is 0.535. The number of nitrogens with one attached hydrogen (secondary N) is 1. The van der Waals surface area contributed by atoms with Crippen molar-refractivity contribution in [3.63, 3.8) is 0 Å². The topological polar surface area (TPSA) is 15.3 Å². The molecule has 2 aliphatic heterocycles. The number of rotatable bonds is 7. The fourth-order valence-corrected chi connectivity index (χ4v) is 4.03. The SMILES string of the molecule is CC.CC(C)CCC1CCCCN1.CC(C)CCCC1CCCN(C)C1. The van der Waals surface area contributed by atoms with Crippen LogP contribution in [0.15, 0.2) is 0 Å². The van der Waals surface area contributed by atoms with Crippen LogP contribution in [0.5, 0.6) is 0 Å². The van der Waals surface area contributed by atoms with E-state index in [2.05, 4.69) is 45.0 Å². The van der Waals surface area contributed by atoms with Crippen molar-refractivity contribution in [2.75, 3.05) is 26.7 Å². The first-order chi connectivity index (χ1) is 12.5. The number of hydrogen-bond acceptors (Lipinski definition) is 2. The summed E-state index contributed by atoms with van der Waals surface area (Å²) < 4.78 is 0. The first-order valence-electron chi connectivity index (χ1n) is 11.9. The molecule has 2 heteroatoms. The van der Waals surface area contributed by atoms with Gasteiger partial charge in [-0.15, -0.1) is 0 Å². The summed E-state index contributed by atoms with van der Waals surface area (Å²) >= 11 is 0. The fraction of sp³-hybridized carbons (Fsp3) is 1.00. The van der Waals surface area contributed by atoms with Gasteiger partial charge in [0.25, 0.3) is 0 Å². The lowest BCUT2D eigenvalue weighted by Crippen LogP contribution is -2.33. The van der Waals surface area contributed by atoms with Gasteiger partial charge >= 0.3 is 0 Å². The van der Waals surface area contributed by atoms with Crippen LogP contribution >= 0.6 is 0 Å². The molecular weight excluding hydrogens is 316 g/mol. The Labute approximate surface area is 166 Å². The van der Waals surface area contributed by atoms with E-state index in [0.29, 0.717) is 0 Å².